The lowest BCUT2D eigenvalue weighted by Crippen LogP contribution is -2.31. The normalized spacial score (nSPS) is 15.4. The van der Waals surface area contributed by atoms with E-state index in [9.17, 15) is 0 Å². The highest BCUT2D eigenvalue weighted by atomic mass is 15.2. The molecule has 1 fully saturated rings. The van der Waals surface area contributed by atoms with Gasteiger partial charge in [0.15, 0.2) is 0 Å². The number of nitrogens with one attached hydrogen (secondary N) is 1. The van der Waals surface area contributed by atoms with Crippen LogP contribution in [-0.2, 0) is 0 Å². The number of hydrogen-bond acceptors (Lipinski definition) is 3. The van der Waals surface area contributed by atoms with Crippen molar-refractivity contribution in [3.8, 4) is 0 Å². The molecule has 1 N–H and O–H groups in total. The molecule has 3 nitrogen and oxygen atoms in total. The fraction of sp³-hybridized carbons (Fsp3) is 0.615. The predicted molar refractivity (Wildman–Crippen MR) is 67.7 cm³/mol. The van der Waals surface area contributed by atoms with Crippen molar-refractivity contribution >= 4 is 5.82 Å². The largest absolute Gasteiger partial charge is 0.369 e. The molecule has 0 bridgehead atoms. The van der Waals surface area contributed by atoms with E-state index in [0.717, 1.165) is 37.2 Å². The van der Waals surface area contributed by atoms with Gasteiger partial charge in [-0.25, -0.2) is 4.98 Å². The molecule has 0 saturated heterocycles. The van der Waals surface area contributed by atoms with Crippen molar-refractivity contribution in [2.45, 2.75) is 32.7 Å². The first kappa shape index (κ1) is 11.4. The molecule has 1 aromatic rings. The lowest BCUT2D eigenvalue weighted by atomic mass is 10.3. The molecule has 1 aromatic heterocycles. The molecule has 88 valence electrons. The molecule has 2 rings (SSSR count). The summed E-state index contributed by atoms with van der Waals surface area (Å²) in [6.07, 6.45) is 2.77. The van der Waals surface area contributed by atoms with E-state index in [2.05, 4.69) is 22.1 Å². The van der Waals surface area contributed by atoms with Crippen LogP contribution in [0, 0.1) is 6.92 Å². The summed E-state index contributed by atoms with van der Waals surface area (Å²) in [4.78, 5) is 6.97. The van der Waals surface area contributed by atoms with Crippen LogP contribution in [0.5, 0.6) is 0 Å². The molecule has 0 atom stereocenters. The van der Waals surface area contributed by atoms with Gasteiger partial charge in [-0.1, -0.05) is 13.0 Å². The monoisotopic (exact) mass is 219 g/mol. The van der Waals surface area contributed by atoms with Crippen LogP contribution in [0.15, 0.2) is 18.2 Å². The Morgan fingerprint density at radius 2 is 2.25 bits per heavy atom. The standard InChI is InChI=1S/C13H21N3/c1-3-16(12-7-8-12)10-9-14-13-6-4-5-11(2)15-13/h4-6,12H,3,7-10H2,1-2H3,(H,14,15). The summed E-state index contributed by atoms with van der Waals surface area (Å²) in [6.45, 7) is 7.53. The van der Waals surface area contributed by atoms with E-state index in [-0.39, 0.29) is 0 Å². The van der Waals surface area contributed by atoms with Crippen LogP contribution in [0.1, 0.15) is 25.5 Å². The third-order valence-corrected chi connectivity index (χ3v) is 3.06. The number of aryl methyl sites for hydroxylation is 1. The van der Waals surface area contributed by atoms with E-state index in [4.69, 9.17) is 0 Å². The van der Waals surface area contributed by atoms with Gasteiger partial charge in [0.05, 0.1) is 0 Å². The number of aromatic nitrogens is 1. The number of likely N-dealkylation sites (N-methyl/N-ethyl adjacent to an activating group) is 1. The highest BCUT2D eigenvalue weighted by Gasteiger charge is 2.26. The molecule has 1 saturated carbocycles. The Morgan fingerprint density at radius 3 is 2.88 bits per heavy atom. The Bertz CT molecular complexity index is 334. The van der Waals surface area contributed by atoms with Crippen LogP contribution in [0.3, 0.4) is 0 Å². The lowest BCUT2D eigenvalue weighted by molar-refractivity contribution is 0.289. The van der Waals surface area contributed by atoms with Gasteiger partial charge in [-0.15, -0.1) is 0 Å². The van der Waals surface area contributed by atoms with Gasteiger partial charge in [0, 0.05) is 24.8 Å². The number of pyridine rings is 1. The zero-order valence-electron chi connectivity index (χ0n) is 10.2. The number of rotatable bonds is 6. The van der Waals surface area contributed by atoms with Gasteiger partial charge in [-0.2, -0.15) is 0 Å². The smallest absolute Gasteiger partial charge is 0.126 e. The van der Waals surface area contributed by atoms with Crippen LogP contribution in [-0.4, -0.2) is 35.6 Å². The van der Waals surface area contributed by atoms with Gasteiger partial charge >= 0.3 is 0 Å². The number of hydrogen-bond donors (Lipinski definition) is 1. The molecular weight excluding hydrogens is 198 g/mol. The maximum absolute atomic E-state index is 4.43. The van der Waals surface area contributed by atoms with Crippen LogP contribution in [0.25, 0.3) is 0 Å². The molecule has 1 aliphatic rings. The van der Waals surface area contributed by atoms with Gasteiger partial charge in [0.25, 0.3) is 0 Å². The first-order valence-corrected chi connectivity index (χ1v) is 6.21. The van der Waals surface area contributed by atoms with Gasteiger partial charge in [-0.05, 0) is 38.4 Å². The van der Waals surface area contributed by atoms with Gasteiger partial charge < -0.3 is 5.32 Å². The number of anilines is 1. The first-order chi connectivity index (χ1) is 7.79. The maximum atomic E-state index is 4.43. The van der Waals surface area contributed by atoms with Crippen molar-refractivity contribution < 1.29 is 0 Å². The molecular formula is C13H21N3. The predicted octanol–water partition coefficient (Wildman–Crippen LogP) is 2.29. The minimum Gasteiger partial charge on any atom is -0.369 e. The average Bonchev–Trinajstić information content (AvgIpc) is 3.08. The van der Waals surface area contributed by atoms with Gasteiger partial charge in [0.2, 0.25) is 0 Å². The topological polar surface area (TPSA) is 28.2 Å². The Balaban J connectivity index is 1.74. The van der Waals surface area contributed by atoms with E-state index in [1.807, 2.05) is 25.1 Å². The number of nitrogens with zero attached hydrogens (tertiary/aromatic N) is 2. The summed E-state index contributed by atoms with van der Waals surface area (Å²) < 4.78 is 0. The summed E-state index contributed by atoms with van der Waals surface area (Å²) in [5.41, 5.74) is 1.07. The van der Waals surface area contributed by atoms with Crippen molar-refractivity contribution in [3.05, 3.63) is 23.9 Å². The molecule has 0 aliphatic heterocycles. The van der Waals surface area contributed by atoms with Crippen LogP contribution in [0.2, 0.25) is 0 Å². The molecule has 16 heavy (non-hydrogen) atoms. The van der Waals surface area contributed by atoms with Crippen LogP contribution >= 0.6 is 0 Å². The summed E-state index contributed by atoms with van der Waals surface area (Å²) in [7, 11) is 0. The minimum atomic E-state index is 0.859. The SMILES string of the molecule is CCN(CCNc1cccc(C)n1)C1CC1. The van der Waals surface area contributed by atoms with Crippen molar-refractivity contribution in [1.82, 2.24) is 9.88 Å². The molecule has 0 radical (unpaired) electrons. The zero-order chi connectivity index (χ0) is 11.4. The highest BCUT2D eigenvalue weighted by Crippen LogP contribution is 2.25. The van der Waals surface area contributed by atoms with Crippen molar-refractivity contribution in [1.29, 1.82) is 0 Å². The van der Waals surface area contributed by atoms with E-state index in [0.29, 0.717) is 0 Å². The van der Waals surface area contributed by atoms with Crippen molar-refractivity contribution in [2.75, 3.05) is 25.0 Å². The third kappa shape index (κ3) is 3.20. The Hall–Kier alpha value is -1.09. The molecule has 0 unspecified atom stereocenters. The maximum Gasteiger partial charge on any atom is 0.126 e. The molecule has 0 aromatic carbocycles. The minimum absolute atomic E-state index is 0.859. The second kappa shape index (κ2) is 5.30. The quantitative estimate of drug-likeness (QED) is 0.795. The summed E-state index contributed by atoms with van der Waals surface area (Å²) in [6, 6.07) is 6.95. The summed E-state index contributed by atoms with van der Waals surface area (Å²) >= 11 is 0. The van der Waals surface area contributed by atoms with Crippen molar-refractivity contribution in [3.63, 3.8) is 0 Å². The molecule has 0 spiro atoms. The summed E-state index contributed by atoms with van der Waals surface area (Å²) in [5.74, 6) is 0.992. The fourth-order valence-electron chi connectivity index (χ4n) is 2.01. The Kier molecular flexibility index (Phi) is 3.78. The molecule has 1 heterocycles. The Labute approximate surface area is 97.9 Å². The van der Waals surface area contributed by atoms with Crippen molar-refractivity contribution in [2.24, 2.45) is 0 Å². The van der Waals surface area contributed by atoms with E-state index < -0.39 is 0 Å². The van der Waals surface area contributed by atoms with Gasteiger partial charge in [0.1, 0.15) is 5.82 Å². The van der Waals surface area contributed by atoms with Gasteiger partial charge in [-0.3, -0.25) is 4.90 Å². The Morgan fingerprint density at radius 1 is 1.44 bits per heavy atom. The zero-order valence-corrected chi connectivity index (χ0v) is 10.2. The molecule has 1 aliphatic carbocycles. The molecule has 0 amide bonds. The van der Waals surface area contributed by atoms with Crippen LogP contribution < -0.4 is 5.32 Å². The second-order valence-corrected chi connectivity index (χ2v) is 4.45. The van der Waals surface area contributed by atoms with E-state index in [1.165, 1.54) is 12.8 Å². The fourth-order valence-corrected chi connectivity index (χ4v) is 2.01. The molecule has 3 heteroatoms. The van der Waals surface area contributed by atoms with E-state index >= 15 is 0 Å². The second-order valence-electron chi connectivity index (χ2n) is 4.45. The average molecular weight is 219 g/mol. The summed E-state index contributed by atoms with van der Waals surface area (Å²) in [5, 5.41) is 3.38. The van der Waals surface area contributed by atoms with Crippen LogP contribution in [0.4, 0.5) is 5.82 Å². The first-order valence-electron chi connectivity index (χ1n) is 6.21. The lowest BCUT2D eigenvalue weighted by Gasteiger charge is -2.19. The highest BCUT2D eigenvalue weighted by molar-refractivity contribution is 5.34. The third-order valence-electron chi connectivity index (χ3n) is 3.06. The van der Waals surface area contributed by atoms with E-state index in [1.54, 1.807) is 0 Å².